The van der Waals surface area contributed by atoms with Crippen molar-refractivity contribution in [3.8, 4) is 0 Å². The van der Waals surface area contributed by atoms with Gasteiger partial charge in [0.1, 0.15) is 0 Å². The monoisotopic (exact) mass is 186 g/mol. The van der Waals surface area contributed by atoms with Gasteiger partial charge >= 0.3 is 0 Å². The van der Waals surface area contributed by atoms with Gasteiger partial charge in [-0.15, -0.1) is 0 Å². The van der Waals surface area contributed by atoms with Crippen LogP contribution in [0.1, 0.15) is 12.5 Å². The third kappa shape index (κ3) is 2.77. The molecule has 0 fully saturated rings. The fraction of sp³-hybridized carbons (Fsp3) is 0.400. The highest BCUT2D eigenvalue weighted by Crippen LogP contribution is 2.12. The minimum atomic E-state index is -0.833. The molecule has 0 spiro atoms. The number of hydrogen-bond acceptors (Lipinski definition) is 1. The van der Waals surface area contributed by atoms with E-state index in [9.17, 15) is 8.78 Å². The van der Waals surface area contributed by atoms with Crippen molar-refractivity contribution in [1.29, 1.82) is 0 Å². The SMILES string of the molecule is CC(CO)Cc1ccc(F)c(F)c1. The first-order valence-electron chi connectivity index (χ1n) is 4.18. The second kappa shape index (κ2) is 4.33. The molecular weight excluding hydrogens is 174 g/mol. The molecule has 0 saturated carbocycles. The van der Waals surface area contributed by atoms with Crippen LogP contribution in [0, 0.1) is 17.6 Å². The highest BCUT2D eigenvalue weighted by Gasteiger charge is 2.05. The van der Waals surface area contributed by atoms with Crippen molar-refractivity contribution in [1.82, 2.24) is 0 Å². The van der Waals surface area contributed by atoms with E-state index in [2.05, 4.69) is 0 Å². The molecule has 0 aliphatic carbocycles. The number of hydrogen-bond donors (Lipinski definition) is 1. The van der Waals surface area contributed by atoms with Gasteiger partial charge in [-0.2, -0.15) is 0 Å². The summed E-state index contributed by atoms with van der Waals surface area (Å²) in [6.45, 7) is 1.90. The predicted octanol–water partition coefficient (Wildman–Crippen LogP) is 2.14. The highest BCUT2D eigenvalue weighted by molar-refractivity contribution is 5.18. The molecule has 1 nitrogen and oxygen atoms in total. The maximum atomic E-state index is 12.7. The van der Waals surface area contributed by atoms with Gasteiger partial charge in [-0.05, 0) is 30.0 Å². The molecule has 0 bridgehead atoms. The summed E-state index contributed by atoms with van der Waals surface area (Å²) >= 11 is 0. The molecule has 0 aliphatic heterocycles. The average Bonchev–Trinajstić information content (AvgIpc) is 2.11. The molecule has 1 rings (SSSR count). The molecule has 0 heterocycles. The van der Waals surface area contributed by atoms with Crippen molar-refractivity contribution in [2.45, 2.75) is 13.3 Å². The number of aliphatic hydroxyl groups is 1. The van der Waals surface area contributed by atoms with Gasteiger partial charge in [0.25, 0.3) is 0 Å². The van der Waals surface area contributed by atoms with Crippen LogP contribution in [-0.4, -0.2) is 11.7 Å². The van der Waals surface area contributed by atoms with Gasteiger partial charge in [-0.3, -0.25) is 0 Å². The van der Waals surface area contributed by atoms with Crippen LogP contribution < -0.4 is 0 Å². The molecule has 0 aromatic heterocycles. The van der Waals surface area contributed by atoms with Gasteiger partial charge in [0.15, 0.2) is 11.6 Å². The first-order valence-corrected chi connectivity index (χ1v) is 4.18. The second-order valence-electron chi connectivity index (χ2n) is 3.24. The lowest BCUT2D eigenvalue weighted by Crippen LogP contribution is -2.04. The zero-order valence-electron chi connectivity index (χ0n) is 7.43. The first kappa shape index (κ1) is 10.1. The normalized spacial score (nSPS) is 12.9. The third-order valence-electron chi connectivity index (χ3n) is 1.88. The van der Waals surface area contributed by atoms with Crippen molar-refractivity contribution < 1.29 is 13.9 Å². The molecular formula is C10H12F2O. The largest absolute Gasteiger partial charge is 0.396 e. The van der Waals surface area contributed by atoms with Crippen molar-refractivity contribution >= 4 is 0 Å². The lowest BCUT2D eigenvalue weighted by atomic mass is 10.0. The van der Waals surface area contributed by atoms with E-state index in [1.165, 1.54) is 12.1 Å². The van der Waals surface area contributed by atoms with E-state index in [1.807, 2.05) is 6.92 Å². The van der Waals surface area contributed by atoms with Crippen molar-refractivity contribution in [3.05, 3.63) is 35.4 Å². The molecule has 1 N–H and O–H groups in total. The Hall–Kier alpha value is -0.960. The van der Waals surface area contributed by atoms with Crippen LogP contribution in [0.15, 0.2) is 18.2 Å². The van der Waals surface area contributed by atoms with Gasteiger partial charge in [0, 0.05) is 6.61 Å². The number of benzene rings is 1. The predicted molar refractivity (Wildman–Crippen MR) is 46.3 cm³/mol. The van der Waals surface area contributed by atoms with Crippen molar-refractivity contribution in [2.75, 3.05) is 6.61 Å². The number of aliphatic hydroxyl groups excluding tert-OH is 1. The van der Waals surface area contributed by atoms with Crippen LogP contribution in [0.5, 0.6) is 0 Å². The summed E-state index contributed by atoms with van der Waals surface area (Å²) < 4.78 is 25.2. The smallest absolute Gasteiger partial charge is 0.159 e. The van der Waals surface area contributed by atoms with Crippen LogP contribution >= 0.6 is 0 Å². The van der Waals surface area contributed by atoms with Crippen molar-refractivity contribution in [2.24, 2.45) is 5.92 Å². The van der Waals surface area contributed by atoms with E-state index in [1.54, 1.807) is 0 Å². The van der Waals surface area contributed by atoms with Crippen molar-refractivity contribution in [3.63, 3.8) is 0 Å². The minimum Gasteiger partial charge on any atom is -0.396 e. The quantitative estimate of drug-likeness (QED) is 0.766. The lowest BCUT2D eigenvalue weighted by molar-refractivity contribution is 0.237. The van der Waals surface area contributed by atoms with Gasteiger partial charge in [0.05, 0.1) is 0 Å². The van der Waals surface area contributed by atoms with Crippen LogP contribution in [0.2, 0.25) is 0 Å². The van der Waals surface area contributed by atoms with E-state index in [-0.39, 0.29) is 12.5 Å². The molecule has 0 amide bonds. The van der Waals surface area contributed by atoms with E-state index in [0.29, 0.717) is 12.0 Å². The minimum absolute atomic E-state index is 0.0546. The second-order valence-corrected chi connectivity index (χ2v) is 3.24. The molecule has 0 radical (unpaired) electrons. The van der Waals surface area contributed by atoms with Crippen LogP contribution in [0.3, 0.4) is 0 Å². The Morgan fingerprint density at radius 1 is 1.31 bits per heavy atom. The highest BCUT2D eigenvalue weighted by atomic mass is 19.2. The summed E-state index contributed by atoms with van der Waals surface area (Å²) in [6.07, 6.45) is 0.563. The molecule has 13 heavy (non-hydrogen) atoms. The van der Waals surface area contributed by atoms with E-state index in [4.69, 9.17) is 5.11 Å². The first-order chi connectivity index (χ1) is 6.13. The van der Waals surface area contributed by atoms with Gasteiger partial charge in [-0.25, -0.2) is 8.78 Å². The Bertz CT molecular complexity index is 286. The van der Waals surface area contributed by atoms with E-state index >= 15 is 0 Å². The number of halogens is 2. The molecule has 1 atom stereocenters. The maximum Gasteiger partial charge on any atom is 0.159 e. The summed E-state index contributed by atoms with van der Waals surface area (Å²) in [5.41, 5.74) is 0.709. The standard InChI is InChI=1S/C10H12F2O/c1-7(6-13)4-8-2-3-9(11)10(12)5-8/h2-3,5,7,13H,4,6H2,1H3. The summed E-state index contributed by atoms with van der Waals surface area (Å²) in [5.74, 6) is -1.59. The molecule has 1 aromatic carbocycles. The van der Waals surface area contributed by atoms with Crippen LogP contribution in [0.25, 0.3) is 0 Å². The number of rotatable bonds is 3. The summed E-state index contributed by atoms with van der Waals surface area (Å²) in [6, 6.07) is 3.81. The fourth-order valence-electron chi connectivity index (χ4n) is 1.13. The topological polar surface area (TPSA) is 20.2 Å². The summed E-state index contributed by atoms with van der Waals surface area (Å²) in [4.78, 5) is 0. The molecule has 0 aliphatic rings. The zero-order valence-corrected chi connectivity index (χ0v) is 7.43. The van der Waals surface area contributed by atoms with Gasteiger partial charge in [0.2, 0.25) is 0 Å². The summed E-state index contributed by atoms with van der Waals surface area (Å²) in [7, 11) is 0. The average molecular weight is 186 g/mol. The Kier molecular flexibility index (Phi) is 3.37. The summed E-state index contributed by atoms with van der Waals surface area (Å²) in [5, 5.41) is 8.75. The zero-order chi connectivity index (χ0) is 9.84. The van der Waals surface area contributed by atoms with Crippen LogP contribution in [-0.2, 0) is 6.42 Å². The Labute approximate surface area is 76.0 Å². The third-order valence-corrected chi connectivity index (χ3v) is 1.88. The Morgan fingerprint density at radius 2 is 2.00 bits per heavy atom. The molecule has 1 aromatic rings. The molecule has 72 valence electrons. The molecule has 3 heteroatoms. The van der Waals surface area contributed by atoms with E-state index in [0.717, 1.165) is 6.07 Å². The Balaban J connectivity index is 2.73. The fourth-order valence-corrected chi connectivity index (χ4v) is 1.13. The lowest BCUT2D eigenvalue weighted by Gasteiger charge is -2.07. The maximum absolute atomic E-state index is 12.7. The van der Waals surface area contributed by atoms with Gasteiger partial charge < -0.3 is 5.11 Å². The van der Waals surface area contributed by atoms with Crippen LogP contribution in [0.4, 0.5) is 8.78 Å². The molecule has 1 unspecified atom stereocenters. The molecule has 0 saturated heterocycles. The Morgan fingerprint density at radius 3 is 2.54 bits per heavy atom. The van der Waals surface area contributed by atoms with E-state index < -0.39 is 11.6 Å². The van der Waals surface area contributed by atoms with Gasteiger partial charge in [-0.1, -0.05) is 13.0 Å².